The van der Waals surface area contributed by atoms with Crippen molar-refractivity contribution in [3.05, 3.63) is 87.3 Å². The van der Waals surface area contributed by atoms with Gasteiger partial charge < -0.3 is 4.90 Å². The van der Waals surface area contributed by atoms with Crippen LogP contribution in [0.5, 0.6) is 0 Å². The third-order valence-corrected chi connectivity index (χ3v) is 5.84. The van der Waals surface area contributed by atoms with Crippen LogP contribution in [0.15, 0.2) is 65.6 Å². The minimum Gasteiger partial charge on any atom is -0.318 e. The number of hydrogen-bond donors (Lipinski definition) is 2. The second kappa shape index (κ2) is 7.26. The van der Waals surface area contributed by atoms with Gasteiger partial charge in [-0.25, -0.2) is 4.68 Å². The molecule has 29 heavy (non-hydrogen) atoms. The number of aromatic amines is 1. The zero-order chi connectivity index (χ0) is 19.8. The number of rotatable bonds is 4. The maximum absolute atomic E-state index is 13.1. The van der Waals surface area contributed by atoms with Crippen molar-refractivity contribution in [1.29, 1.82) is 0 Å². The Morgan fingerprint density at radius 1 is 1.03 bits per heavy atom. The highest BCUT2D eigenvalue weighted by Crippen LogP contribution is 2.21. The Kier molecular flexibility index (Phi) is 4.45. The van der Waals surface area contributed by atoms with Crippen LogP contribution in [0.4, 0.5) is 0 Å². The Morgan fingerprint density at radius 3 is 2.55 bits per heavy atom. The predicted octanol–water partition coefficient (Wildman–Crippen LogP) is 0.996. The molecule has 1 aliphatic heterocycles. The van der Waals surface area contributed by atoms with Crippen LogP contribution < -0.4 is 21.0 Å². The standard InChI is InChI=1S/C24H24N4O/c1-18-22(24(29)28(25-18)20-9-3-2-4-10-20)15-19-16-27(17-26-13-7-8-14-26)23-12-6-5-11-21(19)23/h2-6,9-12,15-16,25H,1,7-8,13-14,17H2/p+1/b22-15-. The lowest BCUT2D eigenvalue weighted by molar-refractivity contribution is -0.910. The second-order valence-corrected chi connectivity index (χ2v) is 7.81. The first kappa shape index (κ1) is 17.8. The van der Waals surface area contributed by atoms with E-state index in [0.29, 0.717) is 10.6 Å². The number of nitrogens with one attached hydrogen (secondary N) is 2. The molecule has 1 saturated heterocycles. The predicted molar refractivity (Wildman–Crippen MR) is 117 cm³/mol. The molecule has 0 bridgehead atoms. The summed E-state index contributed by atoms with van der Waals surface area (Å²) in [6, 6.07) is 18.0. The summed E-state index contributed by atoms with van der Waals surface area (Å²) in [5.41, 5.74) is 2.99. The molecular formula is C24H25N4O+. The highest BCUT2D eigenvalue weighted by atomic mass is 16.1. The number of H-pyrrole nitrogens is 1. The maximum Gasteiger partial charge on any atom is 0.279 e. The molecule has 2 N–H and O–H groups in total. The van der Waals surface area contributed by atoms with Crippen LogP contribution in [0.2, 0.25) is 0 Å². The molecule has 1 aliphatic rings. The van der Waals surface area contributed by atoms with Crippen LogP contribution in [0.25, 0.3) is 29.2 Å². The van der Waals surface area contributed by atoms with Crippen molar-refractivity contribution in [2.45, 2.75) is 19.5 Å². The number of fused-ring (bicyclic) bond motifs is 1. The Labute approximate surface area is 168 Å². The van der Waals surface area contributed by atoms with E-state index in [9.17, 15) is 4.79 Å². The van der Waals surface area contributed by atoms with Crippen molar-refractivity contribution in [2.75, 3.05) is 13.1 Å². The van der Waals surface area contributed by atoms with Gasteiger partial charge in [0.1, 0.15) is 0 Å². The van der Waals surface area contributed by atoms with Gasteiger partial charge in [0.15, 0.2) is 6.67 Å². The Morgan fingerprint density at radius 2 is 1.76 bits per heavy atom. The van der Waals surface area contributed by atoms with Gasteiger partial charge >= 0.3 is 0 Å². The van der Waals surface area contributed by atoms with E-state index in [1.165, 1.54) is 31.4 Å². The van der Waals surface area contributed by atoms with Gasteiger partial charge in [0.05, 0.1) is 34.9 Å². The molecular weight excluding hydrogens is 360 g/mol. The SMILES string of the molecule is C=c1[nH]n(-c2ccccc2)c(=O)/c1=C\c1cn(C[NH+]2CCCC2)c2ccccc12. The molecule has 5 heteroatoms. The zero-order valence-electron chi connectivity index (χ0n) is 16.4. The molecule has 0 spiro atoms. The molecule has 5 rings (SSSR count). The van der Waals surface area contributed by atoms with E-state index in [4.69, 9.17) is 0 Å². The molecule has 146 valence electrons. The fourth-order valence-electron chi connectivity index (χ4n) is 4.35. The number of para-hydroxylation sites is 2. The fraction of sp³-hybridized carbons (Fsp3) is 0.208. The minimum atomic E-state index is -0.0804. The summed E-state index contributed by atoms with van der Waals surface area (Å²) >= 11 is 0. The van der Waals surface area contributed by atoms with Crippen molar-refractivity contribution < 1.29 is 4.90 Å². The van der Waals surface area contributed by atoms with Gasteiger partial charge in [-0.15, -0.1) is 0 Å². The number of aromatic nitrogens is 3. The minimum absolute atomic E-state index is 0.0804. The first-order valence-electron chi connectivity index (χ1n) is 10.2. The molecule has 0 unspecified atom stereocenters. The van der Waals surface area contributed by atoms with E-state index in [-0.39, 0.29) is 5.56 Å². The summed E-state index contributed by atoms with van der Waals surface area (Å²) in [7, 11) is 0. The van der Waals surface area contributed by atoms with E-state index in [0.717, 1.165) is 23.3 Å². The van der Waals surface area contributed by atoms with Crippen molar-refractivity contribution in [3.8, 4) is 5.69 Å². The van der Waals surface area contributed by atoms with Crippen LogP contribution in [0.1, 0.15) is 18.4 Å². The smallest absolute Gasteiger partial charge is 0.279 e. The highest BCUT2D eigenvalue weighted by Gasteiger charge is 2.17. The zero-order valence-corrected chi connectivity index (χ0v) is 16.4. The molecule has 2 aromatic carbocycles. The fourth-order valence-corrected chi connectivity index (χ4v) is 4.35. The van der Waals surface area contributed by atoms with Gasteiger partial charge in [0.2, 0.25) is 0 Å². The molecule has 4 aromatic rings. The van der Waals surface area contributed by atoms with Crippen LogP contribution in [-0.2, 0) is 6.67 Å². The van der Waals surface area contributed by atoms with E-state index in [1.54, 1.807) is 9.58 Å². The lowest BCUT2D eigenvalue weighted by Crippen LogP contribution is -3.09. The van der Waals surface area contributed by atoms with Crippen molar-refractivity contribution in [3.63, 3.8) is 0 Å². The quantitative estimate of drug-likeness (QED) is 0.541. The number of nitrogens with zero attached hydrogens (tertiary/aromatic N) is 2. The molecule has 0 saturated carbocycles. The average molecular weight is 385 g/mol. The Bertz CT molecular complexity index is 1320. The second-order valence-electron chi connectivity index (χ2n) is 7.81. The largest absolute Gasteiger partial charge is 0.318 e. The molecule has 2 aromatic heterocycles. The van der Waals surface area contributed by atoms with Crippen molar-refractivity contribution in [2.24, 2.45) is 0 Å². The van der Waals surface area contributed by atoms with E-state index < -0.39 is 0 Å². The molecule has 5 nitrogen and oxygen atoms in total. The highest BCUT2D eigenvalue weighted by molar-refractivity contribution is 5.89. The topological polar surface area (TPSA) is 47.2 Å². The molecule has 1 fully saturated rings. The first-order valence-corrected chi connectivity index (χ1v) is 10.2. The number of hydrogen-bond acceptors (Lipinski definition) is 1. The number of benzene rings is 2. The Hall–Kier alpha value is -3.31. The van der Waals surface area contributed by atoms with Crippen LogP contribution in [0, 0.1) is 0 Å². The van der Waals surface area contributed by atoms with E-state index in [2.05, 4.69) is 46.7 Å². The van der Waals surface area contributed by atoms with E-state index in [1.807, 2.05) is 36.4 Å². The van der Waals surface area contributed by atoms with Crippen molar-refractivity contribution in [1.82, 2.24) is 14.3 Å². The molecule has 0 atom stereocenters. The lowest BCUT2D eigenvalue weighted by Gasteiger charge is -2.13. The summed E-state index contributed by atoms with van der Waals surface area (Å²) in [6.45, 7) is 7.50. The summed E-state index contributed by atoms with van der Waals surface area (Å²) < 4.78 is 3.88. The summed E-state index contributed by atoms with van der Waals surface area (Å²) in [4.78, 5) is 14.7. The monoisotopic (exact) mass is 385 g/mol. The normalized spacial score (nSPS) is 15.5. The van der Waals surface area contributed by atoms with Gasteiger partial charge in [0, 0.05) is 30.0 Å². The van der Waals surface area contributed by atoms with Gasteiger partial charge in [-0.2, -0.15) is 0 Å². The van der Waals surface area contributed by atoms with Gasteiger partial charge in [-0.05, 0) is 24.3 Å². The van der Waals surface area contributed by atoms with Gasteiger partial charge in [-0.3, -0.25) is 14.5 Å². The molecule has 0 aliphatic carbocycles. The maximum atomic E-state index is 13.1. The van der Waals surface area contributed by atoms with Crippen LogP contribution in [-0.4, -0.2) is 27.4 Å². The van der Waals surface area contributed by atoms with Crippen LogP contribution >= 0.6 is 0 Å². The number of likely N-dealkylation sites (tertiary alicyclic amines) is 1. The van der Waals surface area contributed by atoms with Crippen LogP contribution in [0.3, 0.4) is 0 Å². The Balaban J connectivity index is 1.64. The molecule has 0 amide bonds. The third kappa shape index (κ3) is 3.23. The van der Waals surface area contributed by atoms with Crippen molar-refractivity contribution >= 4 is 23.6 Å². The summed E-state index contributed by atoms with van der Waals surface area (Å²) in [5, 5.41) is 5.51. The number of quaternary nitrogens is 1. The summed E-state index contributed by atoms with van der Waals surface area (Å²) in [5.74, 6) is 0. The van der Waals surface area contributed by atoms with Gasteiger partial charge in [-0.1, -0.05) is 43.0 Å². The van der Waals surface area contributed by atoms with Gasteiger partial charge in [0.25, 0.3) is 5.56 Å². The van der Waals surface area contributed by atoms with E-state index >= 15 is 0 Å². The third-order valence-electron chi connectivity index (χ3n) is 5.84. The summed E-state index contributed by atoms with van der Waals surface area (Å²) in [6.07, 6.45) is 6.76. The average Bonchev–Trinajstić information content (AvgIpc) is 3.45. The molecule has 3 heterocycles. The molecule has 0 radical (unpaired) electrons. The lowest BCUT2D eigenvalue weighted by atomic mass is 10.1. The first-order chi connectivity index (χ1) is 14.2.